The van der Waals surface area contributed by atoms with Gasteiger partial charge in [0.25, 0.3) is 0 Å². The predicted molar refractivity (Wildman–Crippen MR) is 99.4 cm³/mol. The first kappa shape index (κ1) is 16.6. The second-order valence-corrected chi connectivity index (χ2v) is 6.40. The van der Waals surface area contributed by atoms with E-state index in [2.05, 4.69) is 15.2 Å². The van der Waals surface area contributed by atoms with Gasteiger partial charge in [-0.05, 0) is 35.9 Å². The van der Waals surface area contributed by atoms with E-state index in [1.807, 2.05) is 66.7 Å². The van der Waals surface area contributed by atoms with Crippen LogP contribution in [0.2, 0.25) is 5.02 Å². The van der Waals surface area contributed by atoms with E-state index in [1.54, 1.807) is 11.8 Å². The number of nitrogens with one attached hydrogen (secondary N) is 1. The van der Waals surface area contributed by atoms with Crippen LogP contribution in [0.25, 0.3) is 12.2 Å². The normalized spacial score (nSPS) is 11.0. The number of halogens is 1. The summed E-state index contributed by atoms with van der Waals surface area (Å²) in [5, 5.41) is 8.52. The number of thioether (sulfide) groups is 1. The Bertz CT molecular complexity index is 788. The second-order valence-electron chi connectivity index (χ2n) is 4.90. The van der Waals surface area contributed by atoms with E-state index < -0.39 is 0 Å². The standard InChI is InChI=1S/C18H16ClN3OS/c19-15-7-9-16(10-8-15)23-12-13-24-18-20-17(21-22-18)11-6-14-4-2-1-3-5-14/h1-11H,12-13H2,(H,20,21,22)/b11-6+. The molecule has 0 aliphatic rings. The van der Waals surface area contributed by atoms with Gasteiger partial charge in [-0.25, -0.2) is 4.98 Å². The first-order valence-electron chi connectivity index (χ1n) is 7.46. The summed E-state index contributed by atoms with van der Waals surface area (Å²) in [6.07, 6.45) is 3.91. The number of hydrogen-bond acceptors (Lipinski definition) is 4. The van der Waals surface area contributed by atoms with Crippen LogP contribution in [-0.4, -0.2) is 27.5 Å². The zero-order valence-corrected chi connectivity index (χ0v) is 14.4. The van der Waals surface area contributed by atoms with E-state index in [0.29, 0.717) is 16.8 Å². The van der Waals surface area contributed by atoms with Gasteiger partial charge in [-0.3, -0.25) is 5.10 Å². The zero-order valence-electron chi connectivity index (χ0n) is 12.9. The summed E-state index contributed by atoms with van der Waals surface area (Å²) in [5.74, 6) is 2.31. The molecule has 0 bridgehead atoms. The summed E-state index contributed by atoms with van der Waals surface area (Å²) < 4.78 is 5.64. The van der Waals surface area contributed by atoms with Gasteiger partial charge in [0.15, 0.2) is 0 Å². The lowest BCUT2D eigenvalue weighted by Crippen LogP contribution is -2.00. The molecule has 0 amide bonds. The molecule has 1 aromatic heterocycles. The van der Waals surface area contributed by atoms with Gasteiger partial charge in [0, 0.05) is 10.8 Å². The third-order valence-corrected chi connectivity index (χ3v) is 4.18. The molecule has 0 aliphatic carbocycles. The molecule has 1 heterocycles. The Morgan fingerprint density at radius 2 is 1.83 bits per heavy atom. The van der Waals surface area contributed by atoms with Crippen molar-refractivity contribution in [3.63, 3.8) is 0 Å². The molecule has 2 aromatic carbocycles. The van der Waals surface area contributed by atoms with Gasteiger partial charge in [-0.2, -0.15) is 0 Å². The van der Waals surface area contributed by atoms with Crippen molar-refractivity contribution < 1.29 is 4.74 Å². The number of H-pyrrole nitrogens is 1. The van der Waals surface area contributed by atoms with Crippen LogP contribution in [0.1, 0.15) is 11.4 Å². The molecule has 0 radical (unpaired) electrons. The predicted octanol–water partition coefficient (Wildman–Crippen LogP) is 4.80. The zero-order chi connectivity index (χ0) is 16.6. The van der Waals surface area contributed by atoms with Crippen LogP contribution >= 0.6 is 23.4 Å². The summed E-state index contributed by atoms with van der Waals surface area (Å²) in [6.45, 7) is 0.579. The van der Waals surface area contributed by atoms with Gasteiger partial charge in [0.05, 0.1) is 6.61 Å². The number of nitrogens with zero attached hydrogens (tertiary/aromatic N) is 2. The first-order valence-corrected chi connectivity index (χ1v) is 8.83. The Kier molecular flexibility index (Phi) is 5.93. The minimum Gasteiger partial charge on any atom is -0.493 e. The molecule has 122 valence electrons. The number of aromatic amines is 1. The summed E-state index contributed by atoms with van der Waals surface area (Å²) in [7, 11) is 0. The molecule has 0 saturated heterocycles. The highest BCUT2D eigenvalue weighted by Gasteiger charge is 2.02. The first-order chi connectivity index (χ1) is 11.8. The fourth-order valence-electron chi connectivity index (χ4n) is 1.96. The van der Waals surface area contributed by atoms with Crippen molar-refractivity contribution in [3.8, 4) is 5.75 Å². The van der Waals surface area contributed by atoms with Crippen molar-refractivity contribution in [2.75, 3.05) is 12.4 Å². The van der Waals surface area contributed by atoms with Crippen molar-refractivity contribution in [3.05, 3.63) is 71.0 Å². The number of hydrogen-bond donors (Lipinski definition) is 1. The van der Waals surface area contributed by atoms with Gasteiger partial charge < -0.3 is 4.74 Å². The summed E-state index contributed by atoms with van der Waals surface area (Å²) in [4.78, 5) is 4.42. The van der Waals surface area contributed by atoms with Crippen LogP contribution in [0.3, 0.4) is 0 Å². The van der Waals surface area contributed by atoms with Crippen LogP contribution in [0.5, 0.6) is 5.75 Å². The third-order valence-electron chi connectivity index (χ3n) is 3.11. The van der Waals surface area contributed by atoms with E-state index in [9.17, 15) is 0 Å². The molecule has 6 heteroatoms. The van der Waals surface area contributed by atoms with Gasteiger partial charge in [0.2, 0.25) is 5.16 Å². The highest BCUT2D eigenvalue weighted by molar-refractivity contribution is 7.99. The Labute approximate surface area is 149 Å². The van der Waals surface area contributed by atoms with Crippen molar-refractivity contribution in [2.45, 2.75) is 5.16 Å². The fraction of sp³-hybridized carbons (Fsp3) is 0.111. The van der Waals surface area contributed by atoms with Crippen LogP contribution < -0.4 is 4.74 Å². The molecule has 0 aliphatic heterocycles. The highest BCUT2D eigenvalue weighted by Crippen LogP contribution is 2.17. The van der Waals surface area contributed by atoms with Crippen molar-refractivity contribution in [1.82, 2.24) is 15.2 Å². The number of benzene rings is 2. The van der Waals surface area contributed by atoms with Crippen LogP contribution in [0, 0.1) is 0 Å². The summed E-state index contributed by atoms with van der Waals surface area (Å²) in [5.41, 5.74) is 1.12. The van der Waals surface area contributed by atoms with Crippen molar-refractivity contribution >= 4 is 35.5 Å². The molecule has 3 aromatic rings. The SMILES string of the molecule is Clc1ccc(OCCSc2n[nH]c(/C=C/c3ccccc3)n2)cc1. The monoisotopic (exact) mass is 357 g/mol. The summed E-state index contributed by atoms with van der Waals surface area (Å²) >= 11 is 7.38. The lowest BCUT2D eigenvalue weighted by molar-refractivity contribution is 0.344. The second kappa shape index (κ2) is 8.57. The maximum Gasteiger partial charge on any atom is 0.208 e. The van der Waals surface area contributed by atoms with E-state index in [-0.39, 0.29) is 0 Å². The average Bonchev–Trinajstić information content (AvgIpc) is 3.07. The van der Waals surface area contributed by atoms with Gasteiger partial charge in [-0.1, -0.05) is 59.8 Å². The van der Waals surface area contributed by atoms with Crippen LogP contribution in [-0.2, 0) is 0 Å². The molecule has 0 saturated carbocycles. The Morgan fingerprint density at radius 3 is 2.62 bits per heavy atom. The molecular weight excluding hydrogens is 342 g/mol. The molecule has 4 nitrogen and oxygen atoms in total. The quantitative estimate of drug-likeness (QED) is 0.487. The molecule has 1 N–H and O–H groups in total. The van der Waals surface area contributed by atoms with Crippen LogP contribution in [0.4, 0.5) is 0 Å². The lowest BCUT2D eigenvalue weighted by atomic mass is 10.2. The maximum absolute atomic E-state index is 5.83. The smallest absolute Gasteiger partial charge is 0.208 e. The molecule has 0 spiro atoms. The highest BCUT2D eigenvalue weighted by atomic mass is 35.5. The Morgan fingerprint density at radius 1 is 1.04 bits per heavy atom. The van der Waals surface area contributed by atoms with E-state index in [4.69, 9.17) is 16.3 Å². The van der Waals surface area contributed by atoms with Gasteiger partial charge in [-0.15, -0.1) is 5.10 Å². The minimum atomic E-state index is 0.579. The topological polar surface area (TPSA) is 50.8 Å². The van der Waals surface area contributed by atoms with E-state index >= 15 is 0 Å². The average molecular weight is 358 g/mol. The van der Waals surface area contributed by atoms with Gasteiger partial charge >= 0.3 is 0 Å². The number of ether oxygens (including phenoxy) is 1. The van der Waals surface area contributed by atoms with Crippen LogP contribution in [0.15, 0.2) is 59.8 Å². The molecule has 0 fully saturated rings. The van der Waals surface area contributed by atoms with Crippen molar-refractivity contribution in [2.24, 2.45) is 0 Å². The van der Waals surface area contributed by atoms with Crippen molar-refractivity contribution in [1.29, 1.82) is 0 Å². The van der Waals surface area contributed by atoms with Gasteiger partial charge in [0.1, 0.15) is 11.6 Å². The molecule has 24 heavy (non-hydrogen) atoms. The van der Waals surface area contributed by atoms with E-state index in [0.717, 1.165) is 22.9 Å². The Balaban J connectivity index is 1.44. The molecule has 3 rings (SSSR count). The molecular formula is C18H16ClN3OS. The maximum atomic E-state index is 5.83. The lowest BCUT2D eigenvalue weighted by Gasteiger charge is -2.04. The Hall–Kier alpha value is -2.24. The summed E-state index contributed by atoms with van der Waals surface area (Å²) in [6, 6.07) is 17.4. The minimum absolute atomic E-state index is 0.579. The number of rotatable bonds is 7. The largest absolute Gasteiger partial charge is 0.493 e. The molecule has 0 atom stereocenters. The third kappa shape index (κ3) is 5.15. The van der Waals surface area contributed by atoms with E-state index in [1.165, 1.54) is 0 Å². The number of aromatic nitrogens is 3. The fourth-order valence-corrected chi connectivity index (χ4v) is 2.71. The molecule has 0 unspecified atom stereocenters.